The van der Waals surface area contributed by atoms with E-state index in [0.29, 0.717) is 0 Å². The summed E-state index contributed by atoms with van der Waals surface area (Å²) >= 11 is 0. The second-order valence-corrected chi connectivity index (χ2v) is 4.14. The predicted octanol–water partition coefficient (Wildman–Crippen LogP) is 4.76. The minimum atomic E-state index is 1.09. The maximum atomic E-state index is 3.49. The number of allylic oxidation sites excluding steroid dienone is 2. The maximum absolute atomic E-state index is 3.49. The molecule has 84 valence electrons. The first-order valence-electron chi connectivity index (χ1n) is 6.12. The molecule has 1 heterocycles. The molecule has 0 amide bonds. The summed E-state index contributed by atoms with van der Waals surface area (Å²) in [6, 6.07) is 10.7. The van der Waals surface area contributed by atoms with E-state index in [2.05, 4.69) is 55.2 Å². The van der Waals surface area contributed by atoms with Crippen LogP contribution in [0.2, 0.25) is 0 Å². The molecule has 1 nitrogen and oxygen atoms in total. The molecule has 1 aromatic heterocycles. The lowest BCUT2D eigenvalue weighted by molar-refractivity contribution is 0.954. The zero-order valence-corrected chi connectivity index (χ0v) is 10.1. The van der Waals surface area contributed by atoms with Crippen LogP contribution in [0.4, 0.5) is 0 Å². The fraction of sp³-hybridized carbons (Fsp3) is 0.333. The Labute approximate surface area is 97.2 Å². The van der Waals surface area contributed by atoms with Crippen LogP contribution in [0, 0.1) is 0 Å². The Bertz CT molecular complexity index is 458. The number of rotatable bonds is 4. The van der Waals surface area contributed by atoms with Crippen molar-refractivity contribution in [2.24, 2.45) is 0 Å². The zero-order valence-electron chi connectivity index (χ0n) is 10.1. The van der Waals surface area contributed by atoms with Crippen LogP contribution in [0.15, 0.2) is 36.4 Å². The van der Waals surface area contributed by atoms with E-state index in [1.165, 1.54) is 35.0 Å². The summed E-state index contributed by atoms with van der Waals surface area (Å²) in [5, 5.41) is 1.30. The van der Waals surface area contributed by atoms with Crippen LogP contribution in [-0.4, -0.2) is 4.98 Å². The molecule has 1 aromatic carbocycles. The SMILES string of the molecule is CCC/C=C(/CC)c1cc2ccccc2[nH]1. The molecule has 0 saturated heterocycles. The summed E-state index contributed by atoms with van der Waals surface area (Å²) in [6.07, 6.45) is 5.82. The average Bonchev–Trinajstić information content (AvgIpc) is 2.73. The van der Waals surface area contributed by atoms with E-state index >= 15 is 0 Å². The van der Waals surface area contributed by atoms with Crippen molar-refractivity contribution in [3.63, 3.8) is 0 Å². The van der Waals surface area contributed by atoms with Crippen molar-refractivity contribution in [3.8, 4) is 0 Å². The molecule has 0 bridgehead atoms. The molecule has 1 N–H and O–H groups in total. The van der Waals surface area contributed by atoms with Crippen LogP contribution < -0.4 is 0 Å². The second kappa shape index (κ2) is 5.02. The Morgan fingerprint density at radius 1 is 1.25 bits per heavy atom. The van der Waals surface area contributed by atoms with Gasteiger partial charge in [0.15, 0.2) is 0 Å². The molecular formula is C15H19N. The van der Waals surface area contributed by atoms with Crippen molar-refractivity contribution >= 4 is 16.5 Å². The largest absolute Gasteiger partial charge is 0.355 e. The third-order valence-electron chi connectivity index (χ3n) is 2.94. The monoisotopic (exact) mass is 213 g/mol. The van der Waals surface area contributed by atoms with Crippen LogP contribution in [0.3, 0.4) is 0 Å². The van der Waals surface area contributed by atoms with Gasteiger partial charge in [0.1, 0.15) is 0 Å². The number of H-pyrrole nitrogens is 1. The Balaban J connectivity index is 2.38. The quantitative estimate of drug-likeness (QED) is 0.753. The van der Waals surface area contributed by atoms with Gasteiger partial charge >= 0.3 is 0 Å². The highest BCUT2D eigenvalue weighted by molar-refractivity contribution is 5.84. The lowest BCUT2D eigenvalue weighted by atomic mass is 10.1. The number of unbranched alkanes of at least 4 members (excludes halogenated alkanes) is 1. The topological polar surface area (TPSA) is 15.8 Å². The lowest BCUT2D eigenvalue weighted by Crippen LogP contribution is -1.82. The van der Waals surface area contributed by atoms with Gasteiger partial charge < -0.3 is 4.98 Å². The minimum absolute atomic E-state index is 1.09. The van der Waals surface area contributed by atoms with Crippen molar-refractivity contribution in [1.29, 1.82) is 0 Å². The molecule has 0 aliphatic heterocycles. The molecule has 0 atom stereocenters. The Hall–Kier alpha value is -1.50. The summed E-state index contributed by atoms with van der Waals surface area (Å²) in [4.78, 5) is 3.49. The standard InChI is InChI=1S/C15H19N/c1-3-5-8-12(4-2)15-11-13-9-6-7-10-14(13)16-15/h6-11,16H,3-5H2,1-2H3/b12-8-. The summed E-state index contributed by atoms with van der Waals surface area (Å²) in [6.45, 7) is 4.43. The van der Waals surface area contributed by atoms with E-state index in [4.69, 9.17) is 0 Å². The molecule has 0 aliphatic carbocycles. The van der Waals surface area contributed by atoms with Crippen molar-refractivity contribution in [3.05, 3.63) is 42.1 Å². The number of aromatic amines is 1. The van der Waals surface area contributed by atoms with Crippen molar-refractivity contribution in [1.82, 2.24) is 4.98 Å². The number of hydrogen-bond donors (Lipinski definition) is 1. The van der Waals surface area contributed by atoms with Crippen molar-refractivity contribution < 1.29 is 0 Å². The Morgan fingerprint density at radius 2 is 2.06 bits per heavy atom. The Morgan fingerprint density at radius 3 is 2.75 bits per heavy atom. The van der Waals surface area contributed by atoms with E-state index in [1.54, 1.807) is 0 Å². The first kappa shape index (κ1) is 11.0. The Kier molecular flexibility index (Phi) is 3.45. The van der Waals surface area contributed by atoms with Gasteiger partial charge in [-0.25, -0.2) is 0 Å². The molecule has 0 spiro atoms. The van der Waals surface area contributed by atoms with E-state index in [-0.39, 0.29) is 0 Å². The van der Waals surface area contributed by atoms with Gasteiger partial charge in [-0.15, -0.1) is 0 Å². The number of fused-ring (bicyclic) bond motifs is 1. The summed E-state index contributed by atoms with van der Waals surface area (Å²) < 4.78 is 0. The number of aromatic nitrogens is 1. The van der Waals surface area contributed by atoms with Crippen molar-refractivity contribution in [2.75, 3.05) is 0 Å². The summed E-state index contributed by atoms with van der Waals surface area (Å²) in [5.41, 5.74) is 3.93. The van der Waals surface area contributed by atoms with Gasteiger partial charge in [0.2, 0.25) is 0 Å². The van der Waals surface area contributed by atoms with E-state index in [1.807, 2.05) is 0 Å². The number of para-hydroxylation sites is 1. The van der Waals surface area contributed by atoms with Gasteiger partial charge in [0.25, 0.3) is 0 Å². The molecule has 1 heteroatoms. The number of nitrogens with one attached hydrogen (secondary N) is 1. The molecule has 16 heavy (non-hydrogen) atoms. The summed E-state index contributed by atoms with van der Waals surface area (Å²) in [5.74, 6) is 0. The number of benzene rings is 1. The highest BCUT2D eigenvalue weighted by atomic mass is 14.7. The van der Waals surface area contributed by atoms with Gasteiger partial charge in [-0.3, -0.25) is 0 Å². The molecule has 0 radical (unpaired) electrons. The van der Waals surface area contributed by atoms with E-state index in [0.717, 1.165) is 6.42 Å². The van der Waals surface area contributed by atoms with Gasteiger partial charge in [-0.05, 0) is 35.9 Å². The maximum Gasteiger partial charge on any atom is 0.0458 e. The molecular weight excluding hydrogens is 194 g/mol. The molecule has 2 aromatic rings. The predicted molar refractivity (Wildman–Crippen MR) is 71.5 cm³/mol. The van der Waals surface area contributed by atoms with Gasteiger partial charge in [-0.1, -0.05) is 44.5 Å². The normalized spacial score (nSPS) is 12.2. The third kappa shape index (κ3) is 2.19. The smallest absolute Gasteiger partial charge is 0.0458 e. The van der Waals surface area contributed by atoms with Crippen LogP contribution in [0.25, 0.3) is 16.5 Å². The average molecular weight is 213 g/mol. The highest BCUT2D eigenvalue weighted by Crippen LogP contribution is 2.23. The lowest BCUT2D eigenvalue weighted by Gasteiger charge is -2.00. The third-order valence-corrected chi connectivity index (χ3v) is 2.94. The number of hydrogen-bond acceptors (Lipinski definition) is 0. The fourth-order valence-electron chi connectivity index (χ4n) is 2.01. The molecule has 0 unspecified atom stereocenters. The minimum Gasteiger partial charge on any atom is -0.355 e. The first-order valence-corrected chi connectivity index (χ1v) is 6.12. The van der Waals surface area contributed by atoms with E-state index in [9.17, 15) is 0 Å². The van der Waals surface area contributed by atoms with Crippen LogP contribution >= 0.6 is 0 Å². The molecule has 0 aliphatic rings. The van der Waals surface area contributed by atoms with Crippen LogP contribution in [-0.2, 0) is 0 Å². The summed E-state index contributed by atoms with van der Waals surface area (Å²) in [7, 11) is 0. The second-order valence-electron chi connectivity index (χ2n) is 4.14. The van der Waals surface area contributed by atoms with Gasteiger partial charge in [0, 0.05) is 11.2 Å². The van der Waals surface area contributed by atoms with Crippen LogP contribution in [0.1, 0.15) is 38.8 Å². The van der Waals surface area contributed by atoms with Gasteiger partial charge in [-0.2, -0.15) is 0 Å². The van der Waals surface area contributed by atoms with Gasteiger partial charge in [0.05, 0.1) is 0 Å². The van der Waals surface area contributed by atoms with E-state index < -0.39 is 0 Å². The zero-order chi connectivity index (χ0) is 11.4. The first-order chi connectivity index (χ1) is 7.85. The molecule has 2 rings (SSSR count). The van der Waals surface area contributed by atoms with Crippen molar-refractivity contribution in [2.45, 2.75) is 33.1 Å². The molecule has 0 saturated carbocycles. The highest BCUT2D eigenvalue weighted by Gasteiger charge is 2.03. The fourth-order valence-corrected chi connectivity index (χ4v) is 2.01. The molecule has 0 fully saturated rings. The van der Waals surface area contributed by atoms with Crippen LogP contribution in [0.5, 0.6) is 0 Å².